The number of hydrogen-bond acceptors (Lipinski definition) is 7. The van der Waals surface area contributed by atoms with Gasteiger partial charge in [-0.2, -0.15) is 0 Å². The molecule has 0 radical (unpaired) electrons. The molecule has 7 nitrogen and oxygen atoms in total. The highest BCUT2D eigenvalue weighted by Crippen LogP contribution is 2.58. The molecule has 1 saturated carbocycles. The standard InChI is InChI=1S/C29H32N4O3/c1-18-5-4-6-24(26(18)36-16-21-8-7-20-14-30-11-9-23(20)19(21)2)25-10-12-31-28(32-25)33-15-22-13-29(22,17-33)27(34)35-3/h4-8,10,12,22,30H,9,11,13-17H2,1-3H3/t22-,29-/m0/s1. The van der Waals surface area contributed by atoms with Gasteiger partial charge < -0.3 is 19.7 Å². The van der Waals surface area contributed by atoms with Gasteiger partial charge in [-0.15, -0.1) is 0 Å². The molecule has 1 aromatic heterocycles. The number of rotatable bonds is 6. The van der Waals surface area contributed by atoms with E-state index in [2.05, 4.69) is 53.3 Å². The van der Waals surface area contributed by atoms with E-state index in [1.165, 1.54) is 29.4 Å². The maximum absolute atomic E-state index is 12.3. The second kappa shape index (κ2) is 8.89. The predicted octanol–water partition coefficient (Wildman–Crippen LogP) is 3.98. The quantitative estimate of drug-likeness (QED) is 0.530. The van der Waals surface area contributed by atoms with Crippen molar-refractivity contribution in [3.05, 3.63) is 70.4 Å². The van der Waals surface area contributed by atoms with Crippen molar-refractivity contribution in [2.75, 3.05) is 31.6 Å². The van der Waals surface area contributed by atoms with Crippen LogP contribution < -0.4 is 15.0 Å². The highest BCUT2D eigenvalue weighted by atomic mass is 16.5. The van der Waals surface area contributed by atoms with E-state index in [9.17, 15) is 4.79 Å². The summed E-state index contributed by atoms with van der Waals surface area (Å²) in [4.78, 5) is 23.9. The van der Waals surface area contributed by atoms with Crippen molar-refractivity contribution in [2.45, 2.75) is 39.8 Å². The van der Waals surface area contributed by atoms with Crippen molar-refractivity contribution < 1.29 is 14.3 Å². The zero-order chi connectivity index (χ0) is 24.9. The number of carbonyl (C=O) groups excluding carboxylic acids is 1. The van der Waals surface area contributed by atoms with E-state index < -0.39 is 0 Å². The third-order valence-electron chi connectivity index (χ3n) is 8.20. The topological polar surface area (TPSA) is 76.6 Å². The first-order valence-electron chi connectivity index (χ1n) is 12.7. The molecule has 3 aliphatic rings. The zero-order valence-electron chi connectivity index (χ0n) is 21.1. The van der Waals surface area contributed by atoms with E-state index in [0.29, 0.717) is 25.0 Å². The van der Waals surface area contributed by atoms with Crippen LogP contribution in [0.1, 0.15) is 34.2 Å². The number of methoxy groups -OCH3 is 1. The zero-order valence-corrected chi connectivity index (χ0v) is 21.1. The van der Waals surface area contributed by atoms with Crippen LogP contribution in [0.3, 0.4) is 0 Å². The minimum Gasteiger partial charge on any atom is -0.488 e. The first-order valence-corrected chi connectivity index (χ1v) is 12.7. The highest BCUT2D eigenvalue weighted by Gasteiger charge is 2.66. The first kappa shape index (κ1) is 23.0. The lowest BCUT2D eigenvalue weighted by atomic mass is 9.93. The molecule has 2 aliphatic heterocycles. The number of para-hydroxylation sites is 1. The van der Waals surface area contributed by atoms with Crippen LogP contribution >= 0.6 is 0 Å². The maximum Gasteiger partial charge on any atom is 0.313 e. The van der Waals surface area contributed by atoms with Crippen molar-refractivity contribution in [1.29, 1.82) is 0 Å². The molecule has 0 unspecified atom stereocenters. The van der Waals surface area contributed by atoms with Gasteiger partial charge in [0.2, 0.25) is 5.95 Å². The Hall–Kier alpha value is -3.45. The lowest BCUT2D eigenvalue weighted by molar-refractivity contribution is -0.146. The lowest BCUT2D eigenvalue weighted by Gasteiger charge is -2.22. The summed E-state index contributed by atoms with van der Waals surface area (Å²) in [6, 6.07) is 12.5. The number of fused-ring (bicyclic) bond motifs is 2. The van der Waals surface area contributed by atoms with Crippen molar-refractivity contribution in [2.24, 2.45) is 11.3 Å². The van der Waals surface area contributed by atoms with Crippen molar-refractivity contribution in [3.63, 3.8) is 0 Å². The highest BCUT2D eigenvalue weighted by molar-refractivity contribution is 5.83. The smallest absolute Gasteiger partial charge is 0.313 e. The third-order valence-corrected chi connectivity index (χ3v) is 8.20. The van der Waals surface area contributed by atoms with Crippen LogP contribution in [-0.2, 0) is 29.1 Å². The molecular formula is C29H32N4O3. The predicted molar refractivity (Wildman–Crippen MR) is 138 cm³/mol. The van der Waals surface area contributed by atoms with Crippen molar-refractivity contribution in [1.82, 2.24) is 15.3 Å². The number of benzene rings is 2. The number of aryl methyl sites for hydroxylation is 1. The van der Waals surface area contributed by atoms with Gasteiger partial charge >= 0.3 is 5.97 Å². The van der Waals surface area contributed by atoms with E-state index in [1.54, 1.807) is 6.20 Å². The number of carbonyl (C=O) groups is 1. The van der Waals surface area contributed by atoms with Gasteiger partial charge in [-0.1, -0.05) is 24.3 Å². The number of hydrogen-bond donors (Lipinski definition) is 1. The van der Waals surface area contributed by atoms with E-state index in [1.807, 2.05) is 12.1 Å². The maximum atomic E-state index is 12.3. The Bertz CT molecular complexity index is 1340. The van der Waals surface area contributed by atoms with Crippen molar-refractivity contribution >= 4 is 11.9 Å². The first-order chi connectivity index (χ1) is 17.5. The SMILES string of the molecule is COC(=O)[C@]12C[C@H]1CN(c1nccc(-c3cccc(C)c3OCc3ccc4c(c3C)CCNC4)n1)C2. The number of piperidine rings is 1. The molecule has 1 saturated heterocycles. The molecule has 7 heteroatoms. The second-order valence-electron chi connectivity index (χ2n) is 10.3. The minimum atomic E-state index is -0.380. The molecule has 2 aromatic carbocycles. The van der Waals surface area contributed by atoms with Gasteiger partial charge in [-0.3, -0.25) is 4.79 Å². The number of aromatic nitrogens is 2. The summed E-state index contributed by atoms with van der Waals surface area (Å²) in [5.41, 5.74) is 7.85. The molecule has 0 spiro atoms. The molecule has 0 amide bonds. The summed E-state index contributed by atoms with van der Waals surface area (Å²) < 4.78 is 11.5. The van der Waals surface area contributed by atoms with E-state index >= 15 is 0 Å². The fourth-order valence-electron chi connectivity index (χ4n) is 5.97. The summed E-state index contributed by atoms with van der Waals surface area (Å²) in [5.74, 6) is 1.70. The van der Waals surface area contributed by atoms with E-state index in [4.69, 9.17) is 14.5 Å². The average molecular weight is 485 g/mol. The summed E-state index contributed by atoms with van der Waals surface area (Å²) in [5, 5.41) is 3.45. The van der Waals surface area contributed by atoms with Gasteiger partial charge in [0.05, 0.1) is 18.2 Å². The van der Waals surface area contributed by atoms with Crippen LogP contribution in [0.4, 0.5) is 5.95 Å². The van der Waals surface area contributed by atoms with E-state index in [-0.39, 0.29) is 11.4 Å². The fraction of sp³-hybridized carbons (Fsp3) is 0.414. The third kappa shape index (κ3) is 3.82. The Balaban J connectivity index is 1.25. The second-order valence-corrected chi connectivity index (χ2v) is 10.3. The normalized spacial score (nSPS) is 22.1. The van der Waals surface area contributed by atoms with Crippen LogP contribution in [0, 0.1) is 25.2 Å². The number of anilines is 1. The van der Waals surface area contributed by atoms with Gasteiger partial charge in [-0.05, 0) is 79.1 Å². The molecule has 36 heavy (non-hydrogen) atoms. The fourth-order valence-corrected chi connectivity index (χ4v) is 5.97. The largest absolute Gasteiger partial charge is 0.488 e. The van der Waals surface area contributed by atoms with Crippen LogP contribution in [-0.4, -0.2) is 42.7 Å². The molecule has 6 rings (SSSR count). The van der Waals surface area contributed by atoms with Crippen LogP contribution in [0.25, 0.3) is 11.3 Å². The monoisotopic (exact) mass is 484 g/mol. The molecular weight excluding hydrogens is 452 g/mol. The summed E-state index contributed by atoms with van der Waals surface area (Å²) in [6.07, 6.45) is 3.74. The lowest BCUT2D eigenvalue weighted by Crippen LogP contribution is -2.30. The Kier molecular flexibility index (Phi) is 5.67. The van der Waals surface area contributed by atoms with Gasteiger partial charge in [0, 0.05) is 31.4 Å². The van der Waals surface area contributed by atoms with Gasteiger partial charge in [0.25, 0.3) is 0 Å². The Morgan fingerprint density at radius 1 is 1.22 bits per heavy atom. The summed E-state index contributed by atoms with van der Waals surface area (Å²) in [7, 11) is 1.47. The van der Waals surface area contributed by atoms with Crippen LogP contribution in [0.2, 0.25) is 0 Å². The minimum absolute atomic E-state index is 0.116. The summed E-state index contributed by atoms with van der Waals surface area (Å²) in [6.45, 7) is 8.14. The average Bonchev–Trinajstić information content (AvgIpc) is 3.48. The molecule has 3 heterocycles. The summed E-state index contributed by atoms with van der Waals surface area (Å²) >= 11 is 0. The molecule has 1 N–H and O–H groups in total. The van der Waals surface area contributed by atoms with Crippen LogP contribution in [0.15, 0.2) is 42.6 Å². The molecule has 3 aromatic rings. The van der Waals surface area contributed by atoms with Gasteiger partial charge in [0.1, 0.15) is 12.4 Å². The Morgan fingerprint density at radius 2 is 2.11 bits per heavy atom. The Morgan fingerprint density at radius 3 is 2.97 bits per heavy atom. The van der Waals surface area contributed by atoms with Crippen molar-refractivity contribution in [3.8, 4) is 17.0 Å². The molecule has 0 bridgehead atoms. The number of nitrogens with zero attached hydrogens (tertiary/aromatic N) is 3. The van der Waals surface area contributed by atoms with Gasteiger partial charge in [-0.25, -0.2) is 9.97 Å². The molecule has 1 aliphatic carbocycles. The number of ether oxygens (including phenoxy) is 2. The molecule has 186 valence electrons. The number of nitrogens with one attached hydrogen (secondary N) is 1. The molecule has 2 fully saturated rings. The van der Waals surface area contributed by atoms with Gasteiger partial charge in [0.15, 0.2) is 0 Å². The molecule has 2 atom stereocenters. The number of esters is 1. The van der Waals surface area contributed by atoms with Crippen LogP contribution in [0.5, 0.6) is 5.75 Å². The Labute approximate surface area is 211 Å². The van der Waals surface area contributed by atoms with E-state index in [0.717, 1.165) is 55.0 Å².